The van der Waals surface area contributed by atoms with Gasteiger partial charge < -0.3 is 10.6 Å². The number of benzene rings is 1. The van der Waals surface area contributed by atoms with Crippen molar-refractivity contribution in [3.8, 4) is 0 Å². The Morgan fingerprint density at radius 3 is 2.64 bits per heavy atom. The number of carbonyl (C=O) groups excluding carboxylic acids is 1. The Labute approximate surface area is 133 Å². The smallest absolute Gasteiger partial charge is 0.225 e. The quantitative estimate of drug-likeness (QED) is 0.932. The molecular formula is C19H28N2O. The molecule has 1 saturated carbocycles. The van der Waals surface area contributed by atoms with Crippen molar-refractivity contribution in [2.45, 2.75) is 51.0 Å². The molecule has 3 nitrogen and oxygen atoms in total. The molecule has 1 heterocycles. The van der Waals surface area contributed by atoms with Gasteiger partial charge in [0.15, 0.2) is 0 Å². The number of nitrogens with two attached hydrogens (primary N) is 1. The zero-order valence-corrected chi connectivity index (χ0v) is 13.6. The fourth-order valence-electron chi connectivity index (χ4n) is 4.28. The average Bonchev–Trinajstić information content (AvgIpc) is 3.01. The minimum atomic E-state index is 0.181. The summed E-state index contributed by atoms with van der Waals surface area (Å²) in [7, 11) is 0. The van der Waals surface area contributed by atoms with Gasteiger partial charge in [-0.25, -0.2) is 0 Å². The van der Waals surface area contributed by atoms with Crippen LogP contribution in [0.4, 0.5) is 0 Å². The molecule has 1 saturated heterocycles. The molecule has 3 rings (SSSR count). The number of likely N-dealkylation sites (tertiary alicyclic amines) is 1. The van der Waals surface area contributed by atoms with Gasteiger partial charge in [0.1, 0.15) is 0 Å². The number of amides is 1. The van der Waals surface area contributed by atoms with Crippen molar-refractivity contribution in [3.05, 3.63) is 35.9 Å². The van der Waals surface area contributed by atoms with Crippen LogP contribution in [0.15, 0.2) is 30.3 Å². The Hall–Kier alpha value is -1.35. The lowest BCUT2D eigenvalue weighted by atomic mass is 9.79. The number of carbonyl (C=O) groups is 1. The second-order valence-electron chi connectivity index (χ2n) is 7.03. The average molecular weight is 300 g/mol. The lowest BCUT2D eigenvalue weighted by molar-refractivity contribution is -0.137. The number of hydrogen-bond acceptors (Lipinski definition) is 2. The predicted molar refractivity (Wildman–Crippen MR) is 89.5 cm³/mol. The third kappa shape index (κ3) is 3.19. The molecule has 0 radical (unpaired) electrons. The van der Waals surface area contributed by atoms with Crippen LogP contribution in [0.1, 0.15) is 50.5 Å². The van der Waals surface area contributed by atoms with Gasteiger partial charge in [0, 0.05) is 25.0 Å². The van der Waals surface area contributed by atoms with E-state index < -0.39 is 0 Å². The third-order valence-electron chi connectivity index (χ3n) is 5.62. The summed E-state index contributed by atoms with van der Waals surface area (Å²) in [6.07, 6.45) is 5.10. The summed E-state index contributed by atoms with van der Waals surface area (Å²) < 4.78 is 0. The van der Waals surface area contributed by atoms with Crippen molar-refractivity contribution in [3.63, 3.8) is 0 Å². The highest BCUT2D eigenvalue weighted by atomic mass is 16.2. The van der Waals surface area contributed by atoms with Crippen LogP contribution in [0.2, 0.25) is 0 Å². The maximum Gasteiger partial charge on any atom is 0.225 e. The summed E-state index contributed by atoms with van der Waals surface area (Å²) in [4.78, 5) is 14.8. The van der Waals surface area contributed by atoms with Crippen molar-refractivity contribution >= 4 is 5.91 Å². The SMILES string of the molecule is CCC1CN(C(=O)C2CCC(N)C2)CCC1c1ccccc1. The minimum absolute atomic E-state index is 0.181. The Morgan fingerprint density at radius 2 is 2.00 bits per heavy atom. The monoisotopic (exact) mass is 300 g/mol. The fourth-order valence-corrected chi connectivity index (χ4v) is 4.28. The van der Waals surface area contributed by atoms with Crippen molar-refractivity contribution in [2.24, 2.45) is 17.6 Å². The van der Waals surface area contributed by atoms with Gasteiger partial charge in [-0.1, -0.05) is 43.7 Å². The second kappa shape index (κ2) is 6.82. The molecule has 1 aromatic rings. The molecule has 1 amide bonds. The fraction of sp³-hybridized carbons (Fsp3) is 0.632. The van der Waals surface area contributed by atoms with E-state index in [0.717, 1.165) is 45.2 Å². The molecule has 0 bridgehead atoms. The van der Waals surface area contributed by atoms with Gasteiger partial charge in [-0.05, 0) is 43.1 Å². The lowest BCUT2D eigenvalue weighted by Gasteiger charge is -2.39. The molecule has 1 aromatic carbocycles. The number of hydrogen-bond donors (Lipinski definition) is 1. The van der Waals surface area contributed by atoms with E-state index in [-0.39, 0.29) is 12.0 Å². The van der Waals surface area contributed by atoms with E-state index in [0.29, 0.717) is 17.7 Å². The maximum absolute atomic E-state index is 12.7. The van der Waals surface area contributed by atoms with Crippen LogP contribution in [0.25, 0.3) is 0 Å². The van der Waals surface area contributed by atoms with Crippen LogP contribution in [-0.4, -0.2) is 29.9 Å². The summed E-state index contributed by atoms with van der Waals surface area (Å²) >= 11 is 0. The van der Waals surface area contributed by atoms with E-state index in [9.17, 15) is 4.79 Å². The molecule has 4 unspecified atom stereocenters. The van der Waals surface area contributed by atoms with Gasteiger partial charge in [-0.3, -0.25) is 4.79 Å². The molecule has 4 atom stereocenters. The topological polar surface area (TPSA) is 46.3 Å². The Bertz CT molecular complexity index is 501. The first-order valence-corrected chi connectivity index (χ1v) is 8.78. The van der Waals surface area contributed by atoms with Gasteiger partial charge in [-0.15, -0.1) is 0 Å². The summed E-state index contributed by atoms with van der Waals surface area (Å²) in [5.74, 6) is 1.72. The highest BCUT2D eigenvalue weighted by Gasteiger charge is 2.36. The minimum Gasteiger partial charge on any atom is -0.342 e. The molecule has 2 aliphatic rings. The molecule has 1 aliphatic heterocycles. The van der Waals surface area contributed by atoms with E-state index in [2.05, 4.69) is 42.2 Å². The van der Waals surface area contributed by atoms with Crippen LogP contribution >= 0.6 is 0 Å². The summed E-state index contributed by atoms with van der Waals surface area (Å²) in [6, 6.07) is 11.0. The second-order valence-corrected chi connectivity index (χ2v) is 7.03. The first kappa shape index (κ1) is 15.5. The molecule has 1 aliphatic carbocycles. The Morgan fingerprint density at radius 1 is 1.23 bits per heavy atom. The molecular weight excluding hydrogens is 272 g/mol. The van der Waals surface area contributed by atoms with Crippen LogP contribution in [0, 0.1) is 11.8 Å². The maximum atomic E-state index is 12.7. The largest absolute Gasteiger partial charge is 0.342 e. The first-order valence-electron chi connectivity index (χ1n) is 8.78. The standard InChI is InChI=1S/C19H28N2O/c1-2-14-13-21(19(22)16-8-9-17(20)12-16)11-10-18(14)15-6-4-3-5-7-15/h3-7,14,16-18H,2,8-13,20H2,1H3. The zero-order chi connectivity index (χ0) is 15.5. The normalized spacial score (nSPS) is 32.2. The molecule has 120 valence electrons. The number of nitrogens with zero attached hydrogens (tertiary/aromatic N) is 1. The van der Waals surface area contributed by atoms with E-state index in [1.54, 1.807) is 0 Å². The predicted octanol–water partition coefficient (Wildman–Crippen LogP) is 3.16. The van der Waals surface area contributed by atoms with Gasteiger partial charge in [-0.2, -0.15) is 0 Å². The molecule has 0 spiro atoms. The van der Waals surface area contributed by atoms with Crippen molar-refractivity contribution in [1.82, 2.24) is 4.90 Å². The van der Waals surface area contributed by atoms with Crippen molar-refractivity contribution in [2.75, 3.05) is 13.1 Å². The Kier molecular flexibility index (Phi) is 4.82. The highest BCUT2D eigenvalue weighted by Crippen LogP contribution is 2.36. The van der Waals surface area contributed by atoms with E-state index in [1.807, 2.05) is 0 Å². The van der Waals surface area contributed by atoms with Crippen LogP contribution in [0.3, 0.4) is 0 Å². The van der Waals surface area contributed by atoms with E-state index in [1.165, 1.54) is 5.56 Å². The van der Waals surface area contributed by atoms with Crippen molar-refractivity contribution < 1.29 is 4.79 Å². The van der Waals surface area contributed by atoms with Gasteiger partial charge in [0.05, 0.1) is 0 Å². The van der Waals surface area contributed by atoms with E-state index >= 15 is 0 Å². The van der Waals surface area contributed by atoms with Crippen LogP contribution in [-0.2, 0) is 4.79 Å². The number of piperidine rings is 1. The first-order chi connectivity index (χ1) is 10.7. The molecule has 2 fully saturated rings. The molecule has 3 heteroatoms. The Balaban J connectivity index is 1.66. The van der Waals surface area contributed by atoms with Gasteiger partial charge in [0.25, 0.3) is 0 Å². The van der Waals surface area contributed by atoms with Gasteiger partial charge >= 0.3 is 0 Å². The summed E-state index contributed by atoms with van der Waals surface area (Å²) in [5.41, 5.74) is 7.41. The van der Waals surface area contributed by atoms with Crippen LogP contribution in [0.5, 0.6) is 0 Å². The van der Waals surface area contributed by atoms with Gasteiger partial charge in [0.2, 0.25) is 5.91 Å². The lowest BCUT2D eigenvalue weighted by Crippen LogP contribution is -2.45. The van der Waals surface area contributed by atoms with Crippen molar-refractivity contribution in [1.29, 1.82) is 0 Å². The summed E-state index contributed by atoms with van der Waals surface area (Å²) in [6.45, 7) is 4.07. The highest BCUT2D eigenvalue weighted by molar-refractivity contribution is 5.79. The zero-order valence-electron chi connectivity index (χ0n) is 13.6. The number of rotatable bonds is 3. The third-order valence-corrected chi connectivity index (χ3v) is 5.62. The molecule has 0 aromatic heterocycles. The molecule has 2 N–H and O–H groups in total. The van der Waals surface area contributed by atoms with Crippen LogP contribution < -0.4 is 5.73 Å². The molecule has 22 heavy (non-hydrogen) atoms. The van der Waals surface area contributed by atoms with E-state index in [4.69, 9.17) is 5.73 Å². The summed E-state index contributed by atoms with van der Waals surface area (Å²) in [5, 5.41) is 0.